The van der Waals surface area contributed by atoms with Crippen LogP contribution in [0, 0.1) is 5.41 Å². The van der Waals surface area contributed by atoms with Crippen LogP contribution >= 0.6 is 0 Å². The fourth-order valence-corrected chi connectivity index (χ4v) is 8.84. The van der Waals surface area contributed by atoms with Crippen LogP contribution in [-0.2, 0) is 0 Å². The smallest absolute Gasteiger partial charge is 0.00180 e. The predicted molar refractivity (Wildman–Crippen MR) is 198 cm³/mol. The van der Waals surface area contributed by atoms with E-state index in [0.29, 0.717) is 0 Å². The summed E-state index contributed by atoms with van der Waals surface area (Å²) in [6.45, 7) is 16.5. The van der Waals surface area contributed by atoms with Gasteiger partial charge in [0.05, 0.1) is 0 Å². The minimum absolute atomic E-state index is 0.162. The molecule has 0 saturated carbocycles. The molecular formula is C46H42. The molecule has 5 aliphatic rings. The Bertz CT molecular complexity index is 2240. The fourth-order valence-electron chi connectivity index (χ4n) is 8.84. The van der Waals surface area contributed by atoms with Gasteiger partial charge in [-0.2, -0.15) is 0 Å². The Hall–Kier alpha value is -4.68. The van der Waals surface area contributed by atoms with Gasteiger partial charge in [0.15, 0.2) is 0 Å². The highest BCUT2D eigenvalue weighted by molar-refractivity contribution is 6.07. The van der Waals surface area contributed by atoms with Crippen LogP contribution < -0.4 is 10.4 Å². The van der Waals surface area contributed by atoms with E-state index < -0.39 is 0 Å². The van der Waals surface area contributed by atoms with Gasteiger partial charge < -0.3 is 0 Å². The molecule has 226 valence electrons. The molecule has 8 rings (SSSR count). The zero-order valence-corrected chi connectivity index (χ0v) is 27.9. The molecule has 5 aliphatic carbocycles. The third kappa shape index (κ3) is 4.34. The van der Waals surface area contributed by atoms with Crippen molar-refractivity contribution in [2.75, 3.05) is 0 Å². The Labute approximate surface area is 274 Å². The molecule has 0 aliphatic heterocycles. The first kappa shape index (κ1) is 28.8. The van der Waals surface area contributed by atoms with Gasteiger partial charge in [-0.3, -0.25) is 0 Å². The van der Waals surface area contributed by atoms with Crippen LogP contribution in [0.15, 0.2) is 143 Å². The number of allylic oxidation sites excluding steroid dienone is 15. The molecule has 0 fully saturated rings. The summed E-state index contributed by atoms with van der Waals surface area (Å²) in [5.74, 6) is 0. The van der Waals surface area contributed by atoms with Crippen molar-refractivity contribution < 1.29 is 0 Å². The van der Waals surface area contributed by atoms with E-state index in [4.69, 9.17) is 6.58 Å². The first-order chi connectivity index (χ1) is 22.2. The largest absolute Gasteiger partial charge is 0.0908 e. The molecule has 0 saturated heterocycles. The number of benzene rings is 3. The van der Waals surface area contributed by atoms with Crippen LogP contribution in [0.3, 0.4) is 0 Å². The second-order valence-corrected chi connectivity index (χ2v) is 14.2. The summed E-state index contributed by atoms with van der Waals surface area (Å²) in [7, 11) is 0. The van der Waals surface area contributed by atoms with E-state index in [1.807, 2.05) is 0 Å². The van der Waals surface area contributed by atoms with E-state index in [9.17, 15) is 0 Å². The van der Waals surface area contributed by atoms with Crippen molar-refractivity contribution >= 4 is 33.4 Å². The average molecular weight is 595 g/mol. The number of rotatable bonds is 0. The number of fused-ring (bicyclic) bond motifs is 11. The van der Waals surface area contributed by atoms with Crippen LogP contribution in [0.1, 0.15) is 82.6 Å². The minimum Gasteiger partial charge on any atom is -0.0908 e. The molecule has 46 heavy (non-hydrogen) atoms. The van der Waals surface area contributed by atoms with E-state index in [2.05, 4.69) is 138 Å². The standard InChI is InChI=1S/C46H42/c1-28(2)34-15-7-12-20-39(34)44-27-46(6)26-33(25-43-40-21-13-9-17-36(40)31(5)45(43)46)38-19-10-8-16-35(38)29(3)23-32-24-42(30(44)4)41-22-14-11-18-37(32)41/h7-10,12-13,15-25H,5,11,14,26-27H2,1-4,6H3/b29-23+,42-30+,44-39+. The quantitative estimate of drug-likeness (QED) is 0.243. The van der Waals surface area contributed by atoms with Crippen LogP contribution in [-0.4, -0.2) is 0 Å². The molecular weight excluding hydrogens is 553 g/mol. The van der Waals surface area contributed by atoms with Crippen molar-refractivity contribution in [1.82, 2.24) is 0 Å². The van der Waals surface area contributed by atoms with E-state index >= 15 is 0 Å². The zero-order valence-electron chi connectivity index (χ0n) is 27.9. The highest BCUT2D eigenvalue weighted by atomic mass is 14.5. The summed E-state index contributed by atoms with van der Waals surface area (Å²) in [5.41, 5.74) is 21.5. The van der Waals surface area contributed by atoms with Crippen LogP contribution in [0.2, 0.25) is 0 Å². The molecule has 3 aromatic carbocycles. The molecule has 0 N–H and O–H groups in total. The summed E-state index contributed by atoms with van der Waals surface area (Å²) < 4.78 is 0. The van der Waals surface area contributed by atoms with Gasteiger partial charge in [-0.15, -0.1) is 0 Å². The highest BCUT2D eigenvalue weighted by Crippen LogP contribution is 2.59. The first-order valence-corrected chi connectivity index (χ1v) is 16.9. The second-order valence-electron chi connectivity index (χ2n) is 14.2. The van der Waals surface area contributed by atoms with Crippen molar-refractivity contribution in [1.29, 1.82) is 0 Å². The van der Waals surface area contributed by atoms with Crippen LogP contribution in [0.5, 0.6) is 0 Å². The Balaban J connectivity index is 1.52. The van der Waals surface area contributed by atoms with Crippen molar-refractivity contribution in [3.8, 4) is 0 Å². The first-order valence-electron chi connectivity index (χ1n) is 16.9. The van der Waals surface area contributed by atoms with Gasteiger partial charge in [0.25, 0.3) is 0 Å². The monoisotopic (exact) mass is 594 g/mol. The lowest BCUT2D eigenvalue weighted by molar-refractivity contribution is 0.433. The summed E-state index contributed by atoms with van der Waals surface area (Å²) in [6, 6.07) is 27.1. The summed E-state index contributed by atoms with van der Waals surface area (Å²) in [6.07, 6.45) is 16.5. The lowest BCUT2D eigenvalue weighted by atomic mass is 9.65. The molecule has 0 aromatic heterocycles. The molecule has 0 nitrogen and oxygen atoms in total. The van der Waals surface area contributed by atoms with E-state index in [-0.39, 0.29) is 5.41 Å². The van der Waals surface area contributed by atoms with E-state index in [1.165, 1.54) is 99.6 Å². The maximum absolute atomic E-state index is 4.78. The Morgan fingerprint density at radius 1 is 0.674 bits per heavy atom. The Morgan fingerprint density at radius 2 is 1.33 bits per heavy atom. The summed E-state index contributed by atoms with van der Waals surface area (Å²) in [5, 5.41) is 2.70. The summed E-state index contributed by atoms with van der Waals surface area (Å²) >= 11 is 0. The predicted octanol–water partition coefficient (Wildman–Crippen LogP) is 10.7. The van der Waals surface area contributed by atoms with Gasteiger partial charge in [0.1, 0.15) is 0 Å². The zero-order chi connectivity index (χ0) is 31.7. The average Bonchev–Trinajstić information content (AvgIpc) is 3.58. The van der Waals surface area contributed by atoms with Crippen LogP contribution in [0.4, 0.5) is 0 Å². The van der Waals surface area contributed by atoms with Gasteiger partial charge in [0, 0.05) is 5.41 Å². The topological polar surface area (TPSA) is 0 Å². The molecule has 1 atom stereocenters. The van der Waals surface area contributed by atoms with Crippen molar-refractivity contribution in [2.45, 2.75) is 60.3 Å². The van der Waals surface area contributed by atoms with Gasteiger partial charge in [0.2, 0.25) is 0 Å². The number of hydrogen-bond acceptors (Lipinski definition) is 0. The normalized spacial score (nSPS) is 25.7. The third-order valence-electron chi connectivity index (χ3n) is 11.0. The van der Waals surface area contributed by atoms with E-state index in [1.54, 1.807) is 0 Å². The van der Waals surface area contributed by atoms with Crippen molar-refractivity contribution in [2.24, 2.45) is 5.41 Å². The molecule has 0 spiro atoms. The van der Waals surface area contributed by atoms with Crippen LogP contribution in [0.25, 0.3) is 33.4 Å². The highest BCUT2D eigenvalue weighted by Gasteiger charge is 2.42. The molecule has 3 aromatic rings. The maximum Gasteiger partial charge on any atom is 0.00180 e. The maximum atomic E-state index is 4.78. The van der Waals surface area contributed by atoms with Gasteiger partial charge in [-0.05, 0) is 153 Å². The fraction of sp³-hybridized carbons (Fsp3) is 0.217. The molecule has 0 heterocycles. The Morgan fingerprint density at radius 3 is 2.09 bits per heavy atom. The lowest BCUT2D eigenvalue weighted by Gasteiger charge is -2.39. The van der Waals surface area contributed by atoms with Crippen molar-refractivity contribution in [3.05, 3.63) is 176 Å². The molecule has 0 radical (unpaired) electrons. The number of hydrogen-bond donors (Lipinski definition) is 0. The van der Waals surface area contributed by atoms with Crippen molar-refractivity contribution in [3.63, 3.8) is 0 Å². The van der Waals surface area contributed by atoms with Gasteiger partial charge in [-0.25, -0.2) is 0 Å². The Kier molecular flexibility index (Phi) is 6.69. The summed E-state index contributed by atoms with van der Waals surface area (Å²) in [4.78, 5) is 0. The minimum atomic E-state index is -0.162. The molecule has 0 amide bonds. The second kappa shape index (κ2) is 10.7. The molecule has 4 bridgehead atoms. The molecule has 1 unspecified atom stereocenters. The molecule has 0 heteroatoms. The lowest BCUT2D eigenvalue weighted by Crippen LogP contribution is -2.32. The third-order valence-corrected chi connectivity index (χ3v) is 11.0. The van der Waals surface area contributed by atoms with E-state index in [0.717, 1.165) is 25.7 Å². The van der Waals surface area contributed by atoms with Gasteiger partial charge in [-0.1, -0.05) is 116 Å². The SMILES string of the molecule is C=C1C2=C(C=C3CC2(C)CC(=c2/ccccc2=C(C)C)/C(C)=C2C=C(/C=C(\C)c4ccccc43)C3=CCCC=C3\2)c2ccccc21. The van der Waals surface area contributed by atoms with Gasteiger partial charge >= 0.3 is 0 Å².